The monoisotopic (exact) mass is 268 g/mol. The molecule has 0 atom stereocenters. The van der Waals surface area contributed by atoms with Crippen LogP contribution in [0.25, 0.3) is 0 Å². The Morgan fingerprint density at radius 1 is 1.16 bits per heavy atom. The van der Waals surface area contributed by atoms with Crippen LogP contribution in [0.1, 0.15) is 20.3 Å². The number of anilines is 2. The van der Waals surface area contributed by atoms with Crippen LogP contribution in [0.15, 0.2) is 0 Å². The fraction of sp³-hybridized carbons (Fsp3) is 0.636. The predicted molar refractivity (Wildman–Crippen MR) is 72.3 cm³/mol. The van der Waals surface area contributed by atoms with Crippen molar-refractivity contribution in [3.05, 3.63) is 0 Å². The van der Waals surface area contributed by atoms with E-state index in [-0.39, 0.29) is 18.5 Å². The van der Waals surface area contributed by atoms with Gasteiger partial charge in [-0.15, -0.1) is 0 Å². The number of carbonyl (C=O) groups excluding carboxylic acids is 1. The standard InChI is InChI=1S/C11H20N6O2/c1-4-6-13-9-15-10(14-7-8(18)12-3)17-11(16-9)19-5-2/h4-7H2,1-3H3,(H,12,18)(H2,13,14,15,16,17). The third kappa shape index (κ3) is 5.36. The second kappa shape index (κ2) is 8.06. The van der Waals surface area contributed by atoms with Crippen molar-refractivity contribution >= 4 is 17.8 Å². The van der Waals surface area contributed by atoms with E-state index in [4.69, 9.17) is 4.74 Å². The number of ether oxygens (including phenoxy) is 1. The lowest BCUT2D eigenvalue weighted by Gasteiger charge is -2.09. The summed E-state index contributed by atoms with van der Waals surface area (Å²) >= 11 is 0. The molecule has 0 fully saturated rings. The van der Waals surface area contributed by atoms with Gasteiger partial charge in [-0.1, -0.05) is 6.92 Å². The maximum atomic E-state index is 11.2. The smallest absolute Gasteiger partial charge is 0.323 e. The fourth-order valence-corrected chi connectivity index (χ4v) is 1.19. The summed E-state index contributed by atoms with van der Waals surface area (Å²) in [6, 6.07) is 0.232. The molecule has 0 radical (unpaired) electrons. The minimum absolute atomic E-state index is 0.0965. The van der Waals surface area contributed by atoms with Crippen molar-refractivity contribution in [1.29, 1.82) is 0 Å². The maximum absolute atomic E-state index is 11.2. The molecule has 3 N–H and O–H groups in total. The molecule has 1 heterocycles. The van der Waals surface area contributed by atoms with E-state index >= 15 is 0 Å². The van der Waals surface area contributed by atoms with Gasteiger partial charge in [-0.05, 0) is 13.3 Å². The molecule has 8 nitrogen and oxygen atoms in total. The zero-order valence-electron chi connectivity index (χ0n) is 11.5. The third-order valence-electron chi connectivity index (χ3n) is 2.11. The highest BCUT2D eigenvalue weighted by molar-refractivity contribution is 5.79. The van der Waals surface area contributed by atoms with Gasteiger partial charge >= 0.3 is 6.01 Å². The van der Waals surface area contributed by atoms with Gasteiger partial charge in [0.15, 0.2) is 0 Å². The summed E-state index contributed by atoms with van der Waals surface area (Å²) in [6.45, 7) is 5.21. The number of aromatic nitrogens is 3. The van der Waals surface area contributed by atoms with Crippen LogP contribution >= 0.6 is 0 Å². The van der Waals surface area contributed by atoms with Gasteiger partial charge in [-0.3, -0.25) is 4.79 Å². The van der Waals surface area contributed by atoms with E-state index in [9.17, 15) is 4.79 Å². The Morgan fingerprint density at radius 3 is 2.42 bits per heavy atom. The summed E-state index contributed by atoms with van der Waals surface area (Å²) in [5.74, 6) is 0.585. The molecule has 1 rings (SSSR count). The highest BCUT2D eigenvalue weighted by Crippen LogP contribution is 2.10. The van der Waals surface area contributed by atoms with Crippen LogP contribution in [0.4, 0.5) is 11.9 Å². The van der Waals surface area contributed by atoms with E-state index in [0.29, 0.717) is 18.5 Å². The number of hydrogen-bond acceptors (Lipinski definition) is 7. The minimum atomic E-state index is -0.151. The number of hydrogen-bond donors (Lipinski definition) is 3. The first kappa shape index (κ1) is 14.9. The SMILES string of the molecule is CCCNc1nc(NCC(=O)NC)nc(OCC)n1. The van der Waals surface area contributed by atoms with E-state index in [1.165, 1.54) is 0 Å². The van der Waals surface area contributed by atoms with Gasteiger partial charge in [0, 0.05) is 13.6 Å². The molecule has 0 aromatic carbocycles. The Labute approximate surface area is 112 Å². The lowest BCUT2D eigenvalue weighted by atomic mass is 10.5. The molecule has 8 heteroatoms. The van der Waals surface area contributed by atoms with Gasteiger partial charge in [0.1, 0.15) is 0 Å². The molecular weight excluding hydrogens is 248 g/mol. The second-order valence-electron chi connectivity index (χ2n) is 3.65. The van der Waals surface area contributed by atoms with Gasteiger partial charge in [-0.25, -0.2) is 0 Å². The van der Waals surface area contributed by atoms with E-state index in [1.807, 2.05) is 13.8 Å². The number of nitrogens with zero attached hydrogens (tertiary/aromatic N) is 3. The van der Waals surface area contributed by atoms with Crippen LogP contribution in [-0.4, -0.2) is 47.6 Å². The van der Waals surface area contributed by atoms with E-state index in [2.05, 4.69) is 30.9 Å². The number of likely N-dealkylation sites (N-methyl/N-ethyl adjacent to an activating group) is 1. The van der Waals surface area contributed by atoms with Crippen LogP contribution in [0.2, 0.25) is 0 Å². The van der Waals surface area contributed by atoms with Crippen LogP contribution in [0.5, 0.6) is 6.01 Å². The van der Waals surface area contributed by atoms with Crippen molar-refractivity contribution in [1.82, 2.24) is 20.3 Å². The van der Waals surface area contributed by atoms with Crippen LogP contribution < -0.4 is 20.7 Å². The lowest BCUT2D eigenvalue weighted by Crippen LogP contribution is -2.27. The zero-order valence-corrected chi connectivity index (χ0v) is 11.5. The summed E-state index contributed by atoms with van der Waals surface area (Å²) in [5, 5.41) is 8.37. The molecule has 106 valence electrons. The molecule has 1 amide bonds. The average Bonchev–Trinajstić information content (AvgIpc) is 2.42. The molecule has 0 aliphatic carbocycles. The molecule has 19 heavy (non-hydrogen) atoms. The Balaban J connectivity index is 2.76. The Bertz CT molecular complexity index is 412. The first-order chi connectivity index (χ1) is 9.19. The van der Waals surface area contributed by atoms with Crippen molar-refractivity contribution in [3.63, 3.8) is 0 Å². The van der Waals surface area contributed by atoms with Gasteiger partial charge in [0.25, 0.3) is 0 Å². The zero-order chi connectivity index (χ0) is 14.1. The first-order valence-electron chi connectivity index (χ1n) is 6.26. The van der Waals surface area contributed by atoms with Crippen molar-refractivity contribution < 1.29 is 9.53 Å². The van der Waals surface area contributed by atoms with Gasteiger partial charge < -0.3 is 20.7 Å². The molecule has 0 aliphatic rings. The Hall–Kier alpha value is -2.12. The lowest BCUT2D eigenvalue weighted by molar-refractivity contribution is -0.118. The van der Waals surface area contributed by atoms with Crippen LogP contribution in [0, 0.1) is 0 Å². The summed E-state index contributed by atoms with van der Waals surface area (Å²) in [5.41, 5.74) is 0. The van der Waals surface area contributed by atoms with Gasteiger partial charge in [0.2, 0.25) is 17.8 Å². The number of carbonyl (C=O) groups is 1. The molecule has 1 aromatic heterocycles. The van der Waals surface area contributed by atoms with E-state index < -0.39 is 0 Å². The largest absolute Gasteiger partial charge is 0.464 e. The summed E-state index contributed by atoms with van der Waals surface area (Å²) in [7, 11) is 1.57. The Kier molecular flexibility index (Phi) is 6.34. The summed E-state index contributed by atoms with van der Waals surface area (Å²) in [6.07, 6.45) is 0.955. The normalized spacial score (nSPS) is 9.84. The highest BCUT2D eigenvalue weighted by atomic mass is 16.5. The number of amides is 1. The maximum Gasteiger partial charge on any atom is 0.323 e. The molecule has 0 unspecified atom stereocenters. The number of nitrogens with one attached hydrogen (secondary N) is 3. The molecular formula is C11H20N6O2. The average molecular weight is 268 g/mol. The first-order valence-corrected chi connectivity index (χ1v) is 6.26. The summed E-state index contributed by atoms with van der Waals surface area (Å²) < 4.78 is 5.26. The molecule has 0 saturated heterocycles. The van der Waals surface area contributed by atoms with Crippen LogP contribution in [0.3, 0.4) is 0 Å². The van der Waals surface area contributed by atoms with Crippen molar-refractivity contribution in [3.8, 4) is 6.01 Å². The highest BCUT2D eigenvalue weighted by Gasteiger charge is 2.07. The van der Waals surface area contributed by atoms with Crippen molar-refractivity contribution in [2.24, 2.45) is 0 Å². The fourth-order valence-electron chi connectivity index (χ4n) is 1.19. The van der Waals surface area contributed by atoms with Crippen molar-refractivity contribution in [2.75, 3.05) is 37.4 Å². The molecule has 0 aliphatic heterocycles. The second-order valence-corrected chi connectivity index (χ2v) is 3.65. The molecule has 0 saturated carbocycles. The molecule has 0 spiro atoms. The van der Waals surface area contributed by atoms with Crippen LogP contribution in [-0.2, 0) is 4.79 Å². The van der Waals surface area contributed by atoms with E-state index in [1.54, 1.807) is 7.05 Å². The third-order valence-corrected chi connectivity index (χ3v) is 2.11. The predicted octanol–water partition coefficient (Wildman–Crippen LogP) is 0.250. The molecule has 1 aromatic rings. The topological polar surface area (TPSA) is 101 Å². The quantitative estimate of drug-likeness (QED) is 0.621. The summed E-state index contributed by atoms with van der Waals surface area (Å²) in [4.78, 5) is 23.5. The number of rotatable bonds is 8. The molecule has 0 bridgehead atoms. The van der Waals surface area contributed by atoms with Gasteiger partial charge in [-0.2, -0.15) is 15.0 Å². The Morgan fingerprint density at radius 2 is 1.84 bits per heavy atom. The van der Waals surface area contributed by atoms with Gasteiger partial charge in [0.05, 0.1) is 13.2 Å². The van der Waals surface area contributed by atoms with Crippen molar-refractivity contribution in [2.45, 2.75) is 20.3 Å². The minimum Gasteiger partial charge on any atom is -0.464 e. The van der Waals surface area contributed by atoms with E-state index in [0.717, 1.165) is 13.0 Å².